The molecule has 1 N–H and O–H groups in total. The first-order chi connectivity index (χ1) is 17.4. The number of aliphatic hydroxyl groups excluding tert-OH is 1. The van der Waals surface area contributed by atoms with Crippen LogP contribution in [0.3, 0.4) is 0 Å². The van der Waals surface area contributed by atoms with Crippen LogP contribution in [-0.4, -0.2) is 22.9 Å². The van der Waals surface area contributed by atoms with Gasteiger partial charge in [-0.2, -0.15) is 0 Å². The lowest BCUT2D eigenvalue weighted by atomic mass is 9.87. The second-order valence-electron chi connectivity index (χ2n) is 11.0. The van der Waals surface area contributed by atoms with Gasteiger partial charge in [-0.05, 0) is 85.7 Å². The number of ether oxygens (including phenoxy) is 1. The summed E-state index contributed by atoms with van der Waals surface area (Å²) < 4.78 is 5.79. The first-order valence-electron chi connectivity index (χ1n) is 12.6. The molecule has 0 spiro atoms. The second-order valence-corrected chi connectivity index (χ2v) is 11.0. The van der Waals surface area contributed by atoms with Crippen molar-refractivity contribution in [1.29, 1.82) is 0 Å². The number of hydrogen-bond donors (Lipinski definition) is 1. The Kier molecular flexibility index (Phi) is 7.00. The highest BCUT2D eigenvalue weighted by Gasteiger charge is 2.47. The molecular weight excluding hydrogens is 462 g/mol. The van der Waals surface area contributed by atoms with Crippen LogP contribution in [0.15, 0.2) is 72.3 Å². The molecular formula is C32H35NO4. The summed E-state index contributed by atoms with van der Waals surface area (Å²) in [5.41, 5.74) is 5.02. The third-order valence-corrected chi connectivity index (χ3v) is 6.80. The molecule has 5 nitrogen and oxygen atoms in total. The Hall–Kier alpha value is -3.86. The van der Waals surface area contributed by atoms with Crippen molar-refractivity contribution in [1.82, 2.24) is 0 Å². The number of benzene rings is 3. The maximum atomic E-state index is 13.5. The Morgan fingerprint density at radius 2 is 1.51 bits per heavy atom. The summed E-state index contributed by atoms with van der Waals surface area (Å²) in [7, 11) is 0. The quantitative estimate of drug-likeness (QED) is 0.234. The standard InChI is InChI=1S/C32H35NO4/c1-19(2)37-26-16-10-22(11-17-26)28-27(29(34)23-9-8-20(3)21(4)18-23)30(35)31(36)33(28)25-14-12-24(13-15-25)32(5,6)7/h8-19,28,34H,1-7H3/b29-27-. The third kappa shape index (κ3) is 5.17. The number of Topliss-reactive ketones (excluding diaryl/α,β-unsaturated/α-hetero) is 1. The van der Waals surface area contributed by atoms with Crippen LogP contribution in [0.25, 0.3) is 5.76 Å². The van der Waals surface area contributed by atoms with E-state index < -0.39 is 17.7 Å². The number of aliphatic hydroxyl groups is 1. The summed E-state index contributed by atoms with van der Waals surface area (Å²) in [5.74, 6) is -0.855. The molecule has 1 unspecified atom stereocenters. The number of amides is 1. The van der Waals surface area contributed by atoms with Gasteiger partial charge in [0, 0.05) is 11.3 Å². The average molecular weight is 498 g/mol. The molecule has 1 heterocycles. The van der Waals surface area contributed by atoms with Gasteiger partial charge in [-0.25, -0.2) is 0 Å². The van der Waals surface area contributed by atoms with E-state index in [2.05, 4.69) is 20.8 Å². The van der Waals surface area contributed by atoms with Crippen LogP contribution >= 0.6 is 0 Å². The van der Waals surface area contributed by atoms with Crippen LogP contribution in [0.1, 0.15) is 68.5 Å². The van der Waals surface area contributed by atoms with Crippen LogP contribution in [0.5, 0.6) is 5.75 Å². The highest BCUT2D eigenvalue weighted by molar-refractivity contribution is 6.51. The van der Waals surface area contributed by atoms with E-state index in [4.69, 9.17) is 4.74 Å². The van der Waals surface area contributed by atoms with Gasteiger partial charge in [-0.1, -0.05) is 57.2 Å². The lowest BCUT2D eigenvalue weighted by Crippen LogP contribution is -2.29. The Bertz CT molecular complexity index is 1360. The van der Waals surface area contributed by atoms with E-state index in [1.807, 2.05) is 88.4 Å². The molecule has 0 aliphatic carbocycles. The molecule has 3 aromatic carbocycles. The maximum Gasteiger partial charge on any atom is 0.300 e. The van der Waals surface area contributed by atoms with Crippen molar-refractivity contribution in [2.75, 3.05) is 4.90 Å². The Balaban J connectivity index is 1.88. The van der Waals surface area contributed by atoms with E-state index in [0.717, 1.165) is 16.7 Å². The van der Waals surface area contributed by atoms with Crippen molar-refractivity contribution < 1.29 is 19.4 Å². The van der Waals surface area contributed by atoms with Crippen LogP contribution in [0.2, 0.25) is 0 Å². The minimum atomic E-state index is -0.782. The highest BCUT2D eigenvalue weighted by Crippen LogP contribution is 2.43. The molecule has 0 bridgehead atoms. The van der Waals surface area contributed by atoms with Gasteiger partial charge >= 0.3 is 0 Å². The van der Waals surface area contributed by atoms with Crippen molar-refractivity contribution in [3.05, 3.63) is 100 Å². The van der Waals surface area contributed by atoms with Crippen molar-refractivity contribution in [2.24, 2.45) is 0 Å². The lowest BCUT2D eigenvalue weighted by Gasteiger charge is -2.27. The molecule has 1 atom stereocenters. The van der Waals surface area contributed by atoms with Gasteiger partial charge in [0.1, 0.15) is 11.5 Å². The zero-order chi connectivity index (χ0) is 27.1. The SMILES string of the molecule is Cc1ccc(/C(O)=C2/C(=O)C(=O)N(c3ccc(C(C)(C)C)cc3)C2c2ccc(OC(C)C)cc2)cc1C. The fourth-order valence-corrected chi connectivity index (χ4v) is 4.58. The van der Waals surface area contributed by atoms with Gasteiger partial charge in [0.15, 0.2) is 0 Å². The van der Waals surface area contributed by atoms with Crippen molar-refractivity contribution in [3.8, 4) is 5.75 Å². The van der Waals surface area contributed by atoms with Crippen LogP contribution in [0.4, 0.5) is 5.69 Å². The van der Waals surface area contributed by atoms with Gasteiger partial charge < -0.3 is 9.84 Å². The van der Waals surface area contributed by atoms with E-state index in [-0.39, 0.29) is 22.9 Å². The normalized spacial score (nSPS) is 17.5. The molecule has 1 saturated heterocycles. The minimum Gasteiger partial charge on any atom is -0.507 e. The summed E-state index contributed by atoms with van der Waals surface area (Å²) in [4.78, 5) is 28.4. The topological polar surface area (TPSA) is 66.8 Å². The zero-order valence-electron chi connectivity index (χ0n) is 22.6. The average Bonchev–Trinajstić information content (AvgIpc) is 3.10. The van der Waals surface area contributed by atoms with E-state index in [1.54, 1.807) is 6.07 Å². The smallest absolute Gasteiger partial charge is 0.300 e. The molecule has 1 aliphatic rings. The molecule has 0 radical (unpaired) electrons. The second kappa shape index (κ2) is 9.89. The number of anilines is 1. The summed E-state index contributed by atoms with van der Waals surface area (Å²) in [5, 5.41) is 11.4. The number of ketones is 1. The summed E-state index contributed by atoms with van der Waals surface area (Å²) in [6, 6.07) is 19.8. The number of carbonyl (C=O) groups excluding carboxylic acids is 2. The fraction of sp³-hybridized carbons (Fsp3) is 0.312. The van der Waals surface area contributed by atoms with E-state index in [9.17, 15) is 14.7 Å². The zero-order valence-corrected chi connectivity index (χ0v) is 22.6. The van der Waals surface area contributed by atoms with Crippen molar-refractivity contribution in [3.63, 3.8) is 0 Å². The molecule has 5 heteroatoms. The van der Waals surface area contributed by atoms with Crippen LogP contribution in [0, 0.1) is 13.8 Å². The molecule has 1 aliphatic heterocycles. The maximum absolute atomic E-state index is 13.5. The number of nitrogens with zero attached hydrogens (tertiary/aromatic N) is 1. The molecule has 37 heavy (non-hydrogen) atoms. The number of carbonyl (C=O) groups is 2. The summed E-state index contributed by atoms with van der Waals surface area (Å²) in [6.07, 6.45) is 0.0163. The lowest BCUT2D eigenvalue weighted by molar-refractivity contribution is -0.132. The molecule has 0 aromatic heterocycles. The summed E-state index contributed by atoms with van der Waals surface area (Å²) >= 11 is 0. The van der Waals surface area contributed by atoms with Crippen LogP contribution < -0.4 is 9.64 Å². The fourth-order valence-electron chi connectivity index (χ4n) is 4.58. The highest BCUT2D eigenvalue weighted by atomic mass is 16.5. The minimum absolute atomic E-state index is 0.0163. The molecule has 4 rings (SSSR count). The molecule has 1 amide bonds. The van der Waals surface area contributed by atoms with E-state index in [0.29, 0.717) is 22.6 Å². The van der Waals surface area contributed by atoms with Crippen molar-refractivity contribution >= 4 is 23.1 Å². The van der Waals surface area contributed by atoms with E-state index >= 15 is 0 Å². The van der Waals surface area contributed by atoms with E-state index in [1.165, 1.54) is 4.90 Å². The Morgan fingerprint density at radius 3 is 2.05 bits per heavy atom. The van der Waals surface area contributed by atoms with Gasteiger partial charge in [-0.15, -0.1) is 0 Å². The molecule has 1 fully saturated rings. The first kappa shape index (κ1) is 26.2. The van der Waals surface area contributed by atoms with Crippen LogP contribution in [-0.2, 0) is 15.0 Å². The number of aryl methyl sites for hydroxylation is 2. The predicted octanol–water partition coefficient (Wildman–Crippen LogP) is 7.01. The molecule has 192 valence electrons. The van der Waals surface area contributed by atoms with Gasteiger partial charge in [0.05, 0.1) is 17.7 Å². The molecule has 3 aromatic rings. The first-order valence-corrected chi connectivity index (χ1v) is 12.6. The Morgan fingerprint density at radius 1 is 0.892 bits per heavy atom. The number of hydrogen-bond acceptors (Lipinski definition) is 4. The van der Waals surface area contributed by atoms with Crippen molar-refractivity contribution in [2.45, 2.75) is 66.0 Å². The van der Waals surface area contributed by atoms with Gasteiger partial charge in [-0.3, -0.25) is 14.5 Å². The van der Waals surface area contributed by atoms with Gasteiger partial charge in [0.2, 0.25) is 0 Å². The monoisotopic (exact) mass is 497 g/mol. The number of rotatable bonds is 5. The predicted molar refractivity (Wildman–Crippen MR) is 148 cm³/mol. The largest absolute Gasteiger partial charge is 0.507 e. The third-order valence-electron chi connectivity index (χ3n) is 6.80. The Labute approximate surface area is 219 Å². The molecule has 0 saturated carbocycles. The summed E-state index contributed by atoms with van der Waals surface area (Å²) in [6.45, 7) is 14.2. The van der Waals surface area contributed by atoms with Gasteiger partial charge in [0.25, 0.3) is 11.7 Å².